The van der Waals surface area contributed by atoms with Gasteiger partial charge in [0.1, 0.15) is 0 Å². The molecule has 0 N–H and O–H groups in total. The van der Waals surface area contributed by atoms with Crippen molar-refractivity contribution in [2.24, 2.45) is 7.05 Å². The Morgan fingerprint density at radius 3 is 1.68 bits per heavy atom. The van der Waals surface area contributed by atoms with Gasteiger partial charge in [0.15, 0.2) is 0 Å². The van der Waals surface area contributed by atoms with Gasteiger partial charge in [-0.3, -0.25) is 0 Å². The topological polar surface area (TPSA) is 27.7 Å². The first kappa shape index (κ1) is 21.6. The Balaban J connectivity index is 1.40. The molecule has 188 valence electrons. The van der Waals surface area contributed by atoms with Gasteiger partial charge >= 0.3 is 0 Å². The number of fused-ring (bicyclic) bond motifs is 8. The molecule has 0 aliphatic rings. The van der Waals surface area contributed by atoms with E-state index < -0.39 is 0 Å². The molecule has 0 amide bonds. The van der Waals surface area contributed by atoms with E-state index in [1.807, 2.05) is 13.4 Å². The standard InChI is InChI=1S/C36H24N4/c1-38-22-37-31-21-26(15-16-34(31)38)40-33-14-8-6-12-28(33)30-18-23-19-35-29(17-24(23)20-36(30)40)27-11-5-7-13-32(27)39(35)25-9-3-2-4-10-25/h2-22H,1H3. The predicted octanol–water partition coefficient (Wildman–Crippen LogP) is 8.92. The van der Waals surface area contributed by atoms with Crippen LogP contribution in [-0.2, 0) is 7.05 Å². The third kappa shape index (κ3) is 2.88. The first-order valence-electron chi connectivity index (χ1n) is 13.6. The van der Waals surface area contributed by atoms with Gasteiger partial charge in [-0.25, -0.2) is 4.98 Å². The van der Waals surface area contributed by atoms with E-state index in [-0.39, 0.29) is 0 Å². The molecule has 0 spiro atoms. The molecule has 0 radical (unpaired) electrons. The minimum Gasteiger partial charge on any atom is -0.334 e. The van der Waals surface area contributed by atoms with Crippen molar-refractivity contribution in [3.8, 4) is 11.4 Å². The lowest BCUT2D eigenvalue weighted by Gasteiger charge is -2.10. The van der Waals surface area contributed by atoms with Crippen molar-refractivity contribution < 1.29 is 0 Å². The zero-order valence-corrected chi connectivity index (χ0v) is 21.9. The molecule has 3 aromatic heterocycles. The van der Waals surface area contributed by atoms with Crippen LogP contribution >= 0.6 is 0 Å². The molecule has 0 aliphatic carbocycles. The van der Waals surface area contributed by atoms with Gasteiger partial charge in [0.05, 0.1) is 39.4 Å². The SMILES string of the molecule is Cn1cnc2cc(-n3c4ccccc4c4cc5cc6c(cc5cc43)c3ccccc3n6-c3ccccc3)ccc21. The van der Waals surface area contributed by atoms with Crippen LogP contribution in [0.3, 0.4) is 0 Å². The van der Waals surface area contributed by atoms with Crippen molar-refractivity contribution in [3.63, 3.8) is 0 Å². The number of benzene rings is 6. The fraction of sp³-hybridized carbons (Fsp3) is 0.0278. The lowest BCUT2D eigenvalue weighted by Crippen LogP contribution is -1.94. The van der Waals surface area contributed by atoms with E-state index in [1.165, 1.54) is 60.1 Å². The summed E-state index contributed by atoms with van der Waals surface area (Å²) in [6.45, 7) is 0. The van der Waals surface area contributed by atoms with E-state index in [0.29, 0.717) is 0 Å². The predicted molar refractivity (Wildman–Crippen MR) is 167 cm³/mol. The summed E-state index contributed by atoms with van der Waals surface area (Å²) in [4.78, 5) is 4.64. The van der Waals surface area contributed by atoms with Crippen molar-refractivity contribution in [2.75, 3.05) is 0 Å². The summed E-state index contributed by atoms with van der Waals surface area (Å²) < 4.78 is 6.84. The van der Waals surface area contributed by atoms with Crippen molar-refractivity contribution >= 4 is 65.4 Å². The van der Waals surface area contributed by atoms with E-state index in [1.54, 1.807) is 0 Å². The number of aromatic nitrogens is 4. The van der Waals surface area contributed by atoms with Gasteiger partial charge in [-0.05, 0) is 77.5 Å². The van der Waals surface area contributed by atoms with Crippen molar-refractivity contribution in [3.05, 3.63) is 128 Å². The highest BCUT2D eigenvalue weighted by Crippen LogP contribution is 2.39. The van der Waals surface area contributed by atoms with E-state index in [0.717, 1.165) is 16.7 Å². The third-order valence-electron chi connectivity index (χ3n) is 8.40. The van der Waals surface area contributed by atoms with Crippen LogP contribution in [0.5, 0.6) is 0 Å². The van der Waals surface area contributed by atoms with Crippen molar-refractivity contribution in [1.82, 2.24) is 18.7 Å². The van der Waals surface area contributed by atoms with Crippen LogP contribution in [0, 0.1) is 0 Å². The van der Waals surface area contributed by atoms with Gasteiger partial charge in [0, 0.05) is 40.0 Å². The highest BCUT2D eigenvalue weighted by molar-refractivity contribution is 6.18. The van der Waals surface area contributed by atoms with E-state index in [2.05, 4.69) is 140 Å². The maximum Gasteiger partial charge on any atom is 0.0955 e. The Labute approximate surface area is 229 Å². The lowest BCUT2D eigenvalue weighted by molar-refractivity contribution is 0.947. The Morgan fingerprint density at radius 1 is 0.450 bits per heavy atom. The highest BCUT2D eigenvalue weighted by atomic mass is 15.0. The zero-order valence-electron chi connectivity index (χ0n) is 21.9. The quantitative estimate of drug-likeness (QED) is 0.227. The van der Waals surface area contributed by atoms with Crippen LogP contribution in [0.1, 0.15) is 0 Å². The number of hydrogen-bond acceptors (Lipinski definition) is 1. The molecule has 3 heterocycles. The molecule has 0 unspecified atom stereocenters. The van der Waals surface area contributed by atoms with Crippen molar-refractivity contribution in [1.29, 1.82) is 0 Å². The van der Waals surface area contributed by atoms with Gasteiger partial charge in [-0.2, -0.15) is 0 Å². The summed E-state index contributed by atoms with van der Waals surface area (Å²) in [5.74, 6) is 0. The van der Waals surface area contributed by atoms with Crippen LogP contribution in [0.2, 0.25) is 0 Å². The van der Waals surface area contributed by atoms with Gasteiger partial charge < -0.3 is 13.7 Å². The molecule has 0 atom stereocenters. The Hall–Kier alpha value is -5.35. The summed E-state index contributed by atoms with van der Waals surface area (Å²) >= 11 is 0. The number of para-hydroxylation sites is 3. The molecule has 0 bridgehead atoms. The second-order valence-corrected chi connectivity index (χ2v) is 10.7. The highest BCUT2D eigenvalue weighted by Gasteiger charge is 2.17. The number of imidazole rings is 1. The molecule has 9 rings (SSSR count). The Kier molecular flexibility index (Phi) is 4.23. The third-order valence-corrected chi connectivity index (χ3v) is 8.40. The maximum atomic E-state index is 4.64. The van der Waals surface area contributed by atoms with Gasteiger partial charge in [-0.15, -0.1) is 0 Å². The lowest BCUT2D eigenvalue weighted by atomic mass is 10.0. The molecule has 9 aromatic rings. The Morgan fingerprint density at radius 2 is 1.02 bits per heavy atom. The fourth-order valence-corrected chi connectivity index (χ4v) is 6.58. The summed E-state index contributed by atoms with van der Waals surface area (Å²) in [7, 11) is 2.04. The van der Waals surface area contributed by atoms with E-state index in [9.17, 15) is 0 Å². The maximum absolute atomic E-state index is 4.64. The van der Waals surface area contributed by atoms with Gasteiger partial charge in [-0.1, -0.05) is 54.6 Å². The normalized spacial score (nSPS) is 12.1. The molecule has 6 aromatic carbocycles. The summed E-state index contributed by atoms with van der Waals surface area (Å²) in [5, 5.41) is 7.52. The molecule has 0 saturated carbocycles. The van der Waals surface area contributed by atoms with Gasteiger partial charge in [0.2, 0.25) is 0 Å². The van der Waals surface area contributed by atoms with E-state index >= 15 is 0 Å². The van der Waals surface area contributed by atoms with Crippen LogP contribution in [0.25, 0.3) is 76.8 Å². The molecular weight excluding hydrogens is 488 g/mol. The van der Waals surface area contributed by atoms with Crippen LogP contribution < -0.4 is 0 Å². The summed E-state index contributed by atoms with van der Waals surface area (Å²) in [6, 6.07) is 44.1. The second kappa shape index (κ2) is 7.84. The number of aryl methyl sites for hydroxylation is 1. The summed E-state index contributed by atoms with van der Waals surface area (Å²) in [5.41, 5.74) is 9.29. The first-order chi connectivity index (χ1) is 19.7. The monoisotopic (exact) mass is 512 g/mol. The van der Waals surface area contributed by atoms with E-state index in [4.69, 9.17) is 0 Å². The number of nitrogens with zero attached hydrogens (tertiary/aromatic N) is 4. The van der Waals surface area contributed by atoms with Gasteiger partial charge in [0.25, 0.3) is 0 Å². The summed E-state index contributed by atoms with van der Waals surface area (Å²) in [6.07, 6.45) is 1.88. The second-order valence-electron chi connectivity index (χ2n) is 10.7. The fourth-order valence-electron chi connectivity index (χ4n) is 6.58. The Bertz CT molecular complexity index is 2440. The number of rotatable bonds is 2. The molecule has 4 nitrogen and oxygen atoms in total. The molecule has 0 aliphatic heterocycles. The average Bonchev–Trinajstić information content (AvgIpc) is 3.64. The molecule has 0 saturated heterocycles. The van der Waals surface area contributed by atoms with Crippen LogP contribution in [-0.4, -0.2) is 18.7 Å². The van der Waals surface area contributed by atoms with Crippen LogP contribution in [0.15, 0.2) is 128 Å². The smallest absolute Gasteiger partial charge is 0.0955 e. The molecular formula is C36H24N4. The van der Waals surface area contributed by atoms with Crippen molar-refractivity contribution in [2.45, 2.75) is 0 Å². The minimum atomic E-state index is 1.00. The minimum absolute atomic E-state index is 1.00. The largest absolute Gasteiger partial charge is 0.334 e. The molecule has 40 heavy (non-hydrogen) atoms. The number of hydrogen-bond donors (Lipinski definition) is 0. The first-order valence-corrected chi connectivity index (χ1v) is 13.6. The molecule has 4 heteroatoms. The average molecular weight is 513 g/mol. The zero-order chi connectivity index (χ0) is 26.4. The molecule has 0 fully saturated rings. The van der Waals surface area contributed by atoms with Crippen LogP contribution in [0.4, 0.5) is 0 Å².